The van der Waals surface area contributed by atoms with Crippen molar-refractivity contribution in [1.82, 2.24) is 15.6 Å². The Morgan fingerprint density at radius 1 is 0.934 bits per heavy atom. The van der Waals surface area contributed by atoms with Crippen LogP contribution in [-0.2, 0) is 24.2 Å². The normalized spacial score (nSPS) is 23.0. The monoisotopic (exact) mass is 831 g/mol. The van der Waals surface area contributed by atoms with E-state index in [1.54, 1.807) is 0 Å². The second kappa shape index (κ2) is 20.7. The minimum Gasteiger partial charge on any atom is -0.350 e. The lowest BCUT2D eigenvalue weighted by atomic mass is 9.74. The maximum absolute atomic E-state index is 14.2. The van der Waals surface area contributed by atoms with Gasteiger partial charge in [0.2, 0.25) is 5.91 Å². The molecule has 7 nitrogen and oxygen atoms in total. The molecule has 2 amide bonds. The Balaban J connectivity index is 0.00000141. The summed E-state index contributed by atoms with van der Waals surface area (Å²) in [6, 6.07) is 17.0. The third kappa shape index (κ3) is 9.38. The summed E-state index contributed by atoms with van der Waals surface area (Å²) in [4.78, 5) is 47.2. The highest BCUT2D eigenvalue weighted by Crippen LogP contribution is 2.55. The van der Waals surface area contributed by atoms with Crippen molar-refractivity contribution in [3.05, 3.63) is 112 Å². The Morgan fingerprint density at radius 2 is 1.64 bits per heavy atom. The number of hydrogen-bond donors (Lipinski definition) is 2. The van der Waals surface area contributed by atoms with Gasteiger partial charge in [-0.3, -0.25) is 19.3 Å². The molecule has 6 atom stereocenters. The molecule has 2 saturated carbocycles. The number of allylic oxidation sites excluding steroid dienone is 1. The van der Waals surface area contributed by atoms with Crippen LogP contribution in [0.1, 0.15) is 194 Å². The number of hydrogen-bond acceptors (Lipinski definition) is 5. The number of unbranched alkanes of at least 4 members (excludes halogenated alkanes) is 4. The van der Waals surface area contributed by atoms with E-state index in [-0.39, 0.29) is 49.8 Å². The van der Waals surface area contributed by atoms with Crippen LogP contribution in [0.3, 0.4) is 0 Å². The van der Waals surface area contributed by atoms with Gasteiger partial charge in [-0.1, -0.05) is 117 Å². The summed E-state index contributed by atoms with van der Waals surface area (Å²) in [5.74, 6) is 2.44. The van der Waals surface area contributed by atoms with Crippen LogP contribution in [-0.4, -0.2) is 35.2 Å². The summed E-state index contributed by atoms with van der Waals surface area (Å²) in [7, 11) is 1.97. The first kappa shape index (κ1) is 46.2. The Kier molecular flexibility index (Phi) is 15.6. The third-order valence-corrected chi connectivity index (χ3v) is 14.6. The molecule has 61 heavy (non-hydrogen) atoms. The molecular weight excluding hydrogens is 753 g/mol. The van der Waals surface area contributed by atoms with Crippen LogP contribution in [0.2, 0.25) is 0 Å². The van der Waals surface area contributed by atoms with Gasteiger partial charge in [-0.15, -0.1) is 6.58 Å². The molecular formula is C54H78N4O3. The molecule has 8 rings (SSSR count). The minimum absolute atomic E-state index is 0. The number of carbonyl (C=O) groups is 3. The number of Topliss-reactive ketones (excluding diaryl/α,β-unsaturated/α-hetero) is 1. The number of carbonyl (C=O) groups excluding carboxylic acids is 3. The van der Waals surface area contributed by atoms with Gasteiger partial charge >= 0.3 is 0 Å². The zero-order chi connectivity index (χ0) is 43.8. The number of aromatic nitrogens is 1. The average molecular weight is 831 g/mol. The van der Waals surface area contributed by atoms with Crippen LogP contribution in [0.25, 0.3) is 5.57 Å². The zero-order valence-corrected chi connectivity index (χ0v) is 38.5. The van der Waals surface area contributed by atoms with Crippen molar-refractivity contribution in [2.45, 2.75) is 162 Å². The summed E-state index contributed by atoms with van der Waals surface area (Å²) in [5.41, 5.74) is 9.60. The molecule has 2 aliphatic heterocycles. The predicted octanol–water partition coefficient (Wildman–Crippen LogP) is 12.8. The molecule has 3 aromatic rings. The summed E-state index contributed by atoms with van der Waals surface area (Å²) in [5, 5.41) is 6.68. The highest BCUT2D eigenvalue weighted by molar-refractivity contribution is 6.14. The van der Waals surface area contributed by atoms with Crippen molar-refractivity contribution in [3.8, 4) is 0 Å². The van der Waals surface area contributed by atoms with E-state index in [0.29, 0.717) is 24.8 Å². The number of pyridine rings is 1. The molecule has 3 aliphatic carbocycles. The van der Waals surface area contributed by atoms with Crippen LogP contribution in [0.5, 0.6) is 0 Å². The van der Waals surface area contributed by atoms with Crippen LogP contribution in [0.4, 0.5) is 5.82 Å². The smallest absolute Gasteiger partial charge is 0.260 e. The second-order valence-corrected chi connectivity index (χ2v) is 17.9. The van der Waals surface area contributed by atoms with Gasteiger partial charge < -0.3 is 10.6 Å². The maximum Gasteiger partial charge on any atom is 0.260 e. The lowest BCUT2D eigenvalue weighted by Crippen LogP contribution is -2.50. The Bertz CT molecular complexity index is 2080. The number of anilines is 1. The number of benzene rings is 2. The zero-order valence-electron chi connectivity index (χ0n) is 38.5. The standard InChI is InChI=1S/C50H62N4O3.2C2H6.2H2/c1-6-33(7-2)47(51-5)42-22-15-23-43(52-42)54-30-40-35(28-36(29-39(40)49(54)57)37-20-13-16-31(37)3)18-12-10-8-9-11-17-34-19-14-21-38-45(34)32(4)46(48(38)56)41-24-25-44(55)53-50(41)26-27-50;2*1-2;;/h6,14-15,19,21-23,28-29,31,33,37,41,46-47,51H,1,4,7-13,16-18,20,24-27,30H2,2-3,5H3,(H,53,55);2*1-2H3;2*1H/t31-,33?,37?,41?,46?,47?;;;;/m1..../s1. The predicted molar refractivity (Wildman–Crippen MR) is 256 cm³/mol. The van der Waals surface area contributed by atoms with Crippen molar-refractivity contribution < 1.29 is 17.2 Å². The quantitative estimate of drug-likeness (QED) is 0.111. The van der Waals surface area contributed by atoms with E-state index in [1.165, 1.54) is 41.5 Å². The fraction of sp³-hybridized carbons (Fsp3) is 0.556. The molecule has 1 saturated heterocycles. The molecule has 332 valence electrons. The molecule has 2 N–H and O–H groups in total. The number of aryl methyl sites for hydroxylation is 2. The first-order chi connectivity index (χ1) is 29.7. The molecule has 2 aromatic carbocycles. The fourth-order valence-corrected chi connectivity index (χ4v) is 11.2. The number of amides is 2. The molecule has 5 unspecified atom stereocenters. The lowest BCUT2D eigenvalue weighted by molar-refractivity contribution is -0.125. The second-order valence-electron chi connectivity index (χ2n) is 17.9. The SMILES string of the molecule is C=CC(CC)C(NC)c1cccc(N2Cc3c(CCCCCCCc4cccc5c4C(=C)C(C4CCC(=O)NC46CC6)C5=O)cc(C4CCC[C@H]4C)cc3C2=O)n1.CC.CC.[HH].[HH]. The van der Waals surface area contributed by atoms with Gasteiger partial charge in [-0.25, -0.2) is 4.98 Å². The summed E-state index contributed by atoms with van der Waals surface area (Å²) < 4.78 is 0. The molecule has 1 spiro atoms. The van der Waals surface area contributed by atoms with E-state index in [0.717, 1.165) is 104 Å². The first-order valence-electron chi connectivity index (χ1n) is 24.1. The fourth-order valence-electron chi connectivity index (χ4n) is 11.2. The lowest BCUT2D eigenvalue weighted by Gasteiger charge is -2.36. The van der Waals surface area contributed by atoms with Crippen molar-refractivity contribution in [2.75, 3.05) is 11.9 Å². The van der Waals surface area contributed by atoms with Gasteiger partial charge in [0.05, 0.1) is 24.2 Å². The van der Waals surface area contributed by atoms with E-state index in [2.05, 4.69) is 61.9 Å². The molecule has 1 aromatic heterocycles. The van der Waals surface area contributed by atoms with E-state index < -0.39 is 0 Å². The van der Waals surface area contributed by atoms with E-state index in [1.807, 2.05) is 70.0 Å². The van der Waals surface area contributed by atoms with Crippen LogP contribution in [0, 0.1) is 23.7 Å². The molecule has 3 fully saturated rings. The Morgan fingerprint density at radius 3 is 2.30 bits per heavy atom. The number of piperidine rings is 1. The topological polar surface area (TPSA) is 91.4 Å². The van der Waals surface area contributed by atoms with Gasteiger partial charge in [0.1, 0.15) is 5.82 Å². The molecule has 0 bridgehead atoms. The molecule has 5 aliphatic rings. The van der Waals surface area contributed by atoms with Crippen molar-refractivity contribution in [2.24, 2.45) is 23.7 Å². The first-order valence-corrected chi connectivity index (χ1v) is 24.1. The van der Waals surface area contributed by atoms with E-state index in [4.69, 9.17) is 4.98 Å². The number of fused-ring (bicyclic) bond motifs is 2. The summed E-state index contributed by atoms with van der Waals surface area (Å²) in [6.45, 7) is 21.7. The molecule has 7 heteroatoms. The number of nitrogens with one attached hydrogen (secondary N) is 2. The highest BCUT2D eigenvalue weighted by atomic mass is 16.2. The van der Waals surface area contributed by atoms with E-state index >= 15 is 0 Å². The highest BCUT2D eigenvalue weighted by Gasteiger charge is 2.58. The van der Waals surface area contributed by atoms with Crippen LogP contribution >= 0.6 is 0 Å². The summed E-state index contributed by atoms with van der Waals surface area (Å²) in [6.07, 6.45) is 17.4. The number of rotatable bonds is 16. The van der Waals surface area contributed by atoms with Gasteiger partial charge in [-0.2, -0.15) is 0 Å². The van der Waals surface area contributed by atoms with Gasteiger partial charge in [0.15, 0.2) is 5.78 Å². The Hall–Kier alpha value is -4.36. The number of ketones is 1. The van der Waals surface area contributed by atoms with Crippen LogP contribution in [0.15, 0.2) is 67.8 Å². The third-order valence-electron chi connectivity index (χ3n) is 14.6. The van der Waals surface area contributed by atoms with Crippen molar-refractivity contribution >= 4 is 29.0 Å². The van der Waals surface area contributed by atoms with Gasteiger partial charge in [-0.05, 0) is 140 Å². The maximum atomic E-state index is 14.2. The van der Waals surface area contributed by atoms with Crippen LogP contribution < -0.4 is 15.5 Å². The number of nitrogens with zero attached hydrogens (tertiary/aromatic N) is 2. The summed E-state index contributed by atoms with van der Waals surface area (Å²) >= 11 is 0. The van der Waals surface area contributed by atoms with Crippen molar-refractivity contribution in [1.29, 1.82) is 0 Å². The largest absolute Gasteiger partial charge is 0.350 e. The van der Waals surface area contributed by atoms with E-state index in [9.17, 15) is 14.4 Å². The van der Waals surface area contributed by atoms with Gasteiger partial charge in [0.25, 0.3) is 5.91 Å². The molecule has 0 radical (unpaired) electrons. The average Bonchev–Trinajstić information content (AvgIpc) is 3.63. The van der Waals surface area contributed by atoms with Gasteiger partial charge in [0, 0.05) is 25.9 Å². The van der Waals surface area contributed by atoms with Crippen molar-refractivity contribution in [3.63, 3.8) is 0 Å². The minimum atomic E-state index is -0.216. The molecule has 3 heterocycles. The Labute approximate surface area is 370 Å².